The van der Waals surface area contributed by atoms with Crippen molar-refractivity contribution in [2.45, 2.75) is 26.4 Å². The van der Waals surface area contributed by atoms with Gasteiger partial charge in [0, 0.05) is 5.56 Å². The molecule has 1 aromatic heterocycles. The van der Waals surface area contributed by atoms with Gasteiger partial charge in [0.05, 0.1) is 24.8 Å². The number of nitrogens with zero attached hydrogens (tertiary/aromatic N) is 3. The van der Waals surface area contributed by atoms with E-state index in [9.17, 15) is 0 Å². The molecule has 7 heteroatoms. The quantitative estimate of drug-likeness (QED) is 0.681. The molecule has 0 spiro atoms. The predicted molar refractivity (Wildman–Crippen MR) is 111 cm³/mol. The van der Waals surface area contributed by atoms with Crippen molar-refractivity contribution in [2.24, 2.45) is 16.6 Å². The minimum Gasteiger partial charge on any atom is -0.493 e. The van der Waals surface area contributed by atoms with Gasteiger partial charge in [0.15, 0.2) is 23.6 Å². The van der Waals surface area contributed by atoms with Crippen molar-refractivity contribution < 1.29 is 9.47 Å². The number of rotatable bonds is 6. The summed E-state index contributed by atoms with van der Waals surface area (Å²) in [5.41, 5.74) is 8.85. The van der Waals surface area contributed by atoms with Crippen LogP contribution in [-0.2, 0) is 0 Å². The molecule has 0 amide bonds. The normalized spacial score (nSPS) is 15.9. The first kappa shape index (κ1) is 18.2. The summed E-state index contributed by atoms with van der Waals surface area (Å²) < 4.78 is 13.5. The molecular formula is C21H25N5O2. The van der Waals surface area contributed by atoms with Crippen LogP contribution in [0.1, 0.15) is 32.0 Å². The number of fused-ring (bicyclic) bond motifs is 3. The number of guanidine groups is 1. The van der Waals surface area contributed by atoms with Gasteiger partial charge in [-0.05, 0) is 36.6 Å². The molecule has 146 valence electrons. The maximum Gasteiger partial charge on any atom is 0.212 e. The molecule has 1 aliphatic heterocycles. The molecule has 3 aromatic rings. The Labute approximate surface area is 164 Å². The molecule has 0 unspecified atom stereocenters. The number of nitrogens with one attached hydrogen (secondary N) is 1. The zero-order valence-corrected chi connectivity index (χ0v) is 16.3. The van der Waals surface area contributed by atoms with E-state index in [1.54, 1.807) is 7.11 Å². The summed E-state index contributed by atoms with van der Waals surface area (Å²) >= 11 is 0. The summed E-state index contributed by atoms with van der Waals surface area (Å²) in [5, 5.41) is 3.05. The van der Waals surface area contributed by atoms with Gasteiger partial charge in [0.1, 0.15) is 0 Å². The first-order chi connectivity index (χ1) is 13.6. The number of imidazole rings is 1. The Morgan fingerprint density at radius 2 is 2.00 bits per heavy atom. The van der Waals surface area contributed by atoms with E-state index >= 15 is 0 Å². The van der Waals surface area contributed by atoms with E-state index in [0.29, 0.717) is 30.2 Å². The van der Waals surface area contributed by atoms with Crippen LogP contribution in [0.2, 0.25) is 0 Å². The number of methoxy groups -OCH3 is 1. The lowest BCUT2D eigenvalue weighted by Crippen LogP contribution is -2.31. The monoisotopic (exact) mass is 379 g/mol. The standard InChI is InChI=1S/C21H25N5O2/c1-13(2)10-11-28-17-9-8-14(12-18(17)27-3)19-24-20(22)25-21-23-15-6-4-5-7-16(15)26(19)21/h4-9,12-13,19H,10-11H2,1-3H3,(H3,22,23,24,25)/t19-/m0/s1. The van der Waals surface area contributed by atoms with Crippen molar-refractivity contribution in [1.29, 1.82) is 0 Å². The topological polar surface area (TPSA) is 86.7 Å². The second kappa shape index (κ2) is 7.42. The number of benzene rings is 2. The molecule has 7 nitrogen and oxygen atoms in total. The highest BCUT2D eigenvalue weighted by atomic mass is 16.5. The maximum absolute atomic E-state index is 6.02. The third kappa shape index (κ3) is 3.35. The van der Waals surface area contributed by atoms with Crippen LogP contribution in [0.4, 0.5) is 5.95 Å². The van der Waals surface area contributed by atoms with E-state index in [0.717, 1.165) is 28.8 Å². The van der Waals surface area contributed by atoms with E-state index in [4.69, 9.17) is 15.2 Å². The van der Waals surface area contributed by atoms with Gasteiger partial charge in [0.25, 0.3) is 0 Å². The van der Waals surface area contributed by atoms with Crippen LogP contribution in [0.15, 0.2) is 47.5 Å². The van der Waals surface area contributed by atoms with Gasteiger partial charge in [-0.1, -0.05) is 32.0 Å². The molecule has 28 heavy (non-hydrogen) atoms. The number of nitrogens with two attached hydrogens (primary N) is 1. The van der Waals surface area contributed by atoms with E-state index < -0.39 is 0 Å². The second-order valence-electron chi connectivity index (χ2n) is 7.25. The molecular weight excluding hydrogens is 354 g/mol. The Balaban J connectivity index is 1.71. The van der Waals surface area contributed by atoms with Crippen LogP contribution in [-0.4, -0.2) is 29.2 Å². The first-order valence-electron chi connectivity index (χ1n) is 9.45. The number of ether oxygens (including phenoxy) is 2. The van der Waals surface area contributed by atoms with Crippen molar-refractivity contribution in [3.05, 3.63) is 48.0 Å². The highest BCUT2D eigenvalue weighted by molar-refractivity contribution is 5.94. The van der Waals surface area contributed by atoms with Gasteiger partial charge in [-0.3, -0.25) is 9.88 Å². The smallest absolute Gasteiger partial charge is 0.212 e. The van der Waals surface area contributed by atoms with Crippen molar-refractivity contribution in [3.8, 4) is 11.5 Å². The fourth-order valence-electron chi connectivity index (χ4n) is 3.31. The molecule has 0 saturated carbocycles. The zero-order valence-electron chi connectivity index (χ0n) is 16.3. The van der Waals surface area contributed by atoms with E-state index in [1.165, 1.54) is 0 Å². The molecule has 0 fully saturated rings. The third-order valence-corrected chi connectivity index (χ3v) is 4.78. The SMILES string of the molecule is COc1cc([C@H]2N=C(N)Nc3nc4ccccc4n32)ccc1OCCC(C)C. The largest absolute Gasteiger partial charge is 0.493 e. The molecule has 0 radical (unpaired) electrons. The van der Waals surface area contributed by atoms with Crippen LogP contribution in [0.3, 0.4) is 0 Å². The molecule has 1 atom stereocenters. The summed E-state index contributed by atoms with van der Waals surface area (Å²) in [7, 11) is 1.65. The van der Waals surface area contributed by atoms with Gasteiger partial charge in [-0.25, -0.2) is 9.98 Å². The summed E-state index contributed by atoms with van der Waals surface area (Å²) in [6.45, 7) is 5.01. The number of hydrogen-bond donors (Lipinski definition) is 2. The average Bonchev–Trinajstić information content (AvgIpc) is 3.05. The lowest BCUT2D eigenvalue weighted by Gasteiger charge is -2.24. The van der Waals surface area contributed by atoms with E-state index in [-0.39, 0.29) is 6.17 Å². The molecule has 3 N–H and O–H groups in total. The Bertz CT molecular complexity index is 1020. The fourth-order valence-corrected chi connectivity index (χ4v) is 3.31. The minimum absolute atomic E-state index is 0.331. The zero-order chi connectivity index (χ0) is 19.7. The molecule has 0 aliphatic carbocycles. The number of aromatic nitrogens is 2. The first-order valence-corrected chi connectivity index (χ1v) is 9.45. The van der Waals surface area contributed by atoms with Gasteiger partial charge >= 0.3 is 0 Å². The van der Waals surface area contributed by atoms with Gasteiger partial charge in [0.2, 0.25) is 5.95 Å². The Morgan fingerprint density at radius 1 is 1.18 bits per heavy atom. The van der Waals surface area contributed by atoms with Crippen molar-refractivity contribution in [2.75, 3.05) is 19.0 Å². The summed E-state index contributed by atoms with van der Waals surface area (Å²) in [5.74, 6) is 3.01. The van der Waals surface area contributed by atoms with E-state index in [1.807, 2.05) is 47.0 Å². The van der Waals surface area contributed by atoms with Gasteiger partial charge < -0.3 is 15.2 Å². The minimum atomic E-state index is -0.331. The third-order valence-electron chi connectivity index (χ3n) is 4.78. The number of aliphatic imine (C=N–C) groups is 1. The average molecular weight is 379 g/mol. The van der Waals surface area contributed by atoms with Crippen molar-refractivity contribution in [1.82, 2.24) is 9.55 Å². The number of para-hydroxylation sites is 2. The predicted octanol–water partition coefficient (Wildman–Crippen LogP) is 3.76. The molecule has 1 aliphatic rings. The van der Waals surface area contributed by atoms with Crippen molar-refractivity contribution >= 4 is 22.9 Å². The second-order valence-corrected chi connectivity index (χ2v) is 7.25. The molecule has 0 saturated heterocycles. The highest BCUT2D eigenvalue weighted by Crippen LogP contribution is 2.36. The molecule has 4 rings (SSSR count). The van der Waals surface area contributed by atoms with Crippen LogP contribution in [0, 0.1) is 5.92 Å². The number of hydrogen-bond acceptors (Lipinski definition) is 6. The fraction of sp³-hybridized carbons (Fsp3) is 0.333. The lowest BCUT2D eigenvalue weighted by atomic mass is 10.1. The van der Waals surface area contributed by atoms with Crippen LogP contribution in [0.25, 0.3) is 11.0 Å². The highest BCUT2D eigenvalue weighted by Gasteiger charge is 2.25. The maximum atomic E-state index is 6.02. The van der Waals surface area contributed by atoms with E-state index in [2.05, 4.69) is 29.1 Å². The Morgan fingerprint density at radius 3 is 2.79 bits per heavy atom. The van der Waals surface area contributed by atoms with Gasteiger partial charge in [-0.2, -0.15) is 0 Å². The molecule has 0 bridgehead atoms. The van der Waals surface area contributed by atoms with Crippen molar-refractivity contribution in [3.63, 3.8) is 0 Å². The lowest BCUT2D eigenvalue weighted by molar-refractivity contribution is 0.272. The van der Waals surface area contributed by atoms with Crippen LogP contribution in [0.5, 0.6) is 11.5 Å². The summed E-state index contributed by atoms with van der Waals surface area (Å²) in [6.07, 6.45) is 0.659. The summed E-state index contributed by atoms with van der Waals surface area (Å²) in [6, 6.07) is 13.8. The Hall–Kier alpha value is -3.22. The molecule has 2 aromatic carbocycles. The number of anilines is 1. The molecule has 2 heterocycles. The Kier molecular flexibility index (Phi) is 4.81. The van der Waals surface area contributed by atoms with Gasteiger partial charge in [-0.15, -0.1) is 0 Å². The van der Waals surface area contributed by atoms with Crippen LogP contribution < -0.4 is 20.5 Å². The van der Waals surface area contributed by atoms with Crippen LogP contribution >= 0.6 is 0 Å². The summed E-state index contributed by atoms with van der Waals surface area (Å²) in [4.78, 5) is 9.25.